The van der Waals surface area contributed by atoms with Crippen molar-refractivity contribution in [3.8, 4) is 0 Å². The van der Waals surface area contributed by atoms with Gasteiger partial charge >= 0.3 is 11.9 Å². The van der Waals surface area contributed by atoms with Crippen LogP contribution in [0.25, 0.3) is 0 Å². The van der Waals surface area contributed by atoms with Gasteiger partial charge in [0, 0.05) is 19.3 Å². The number of allylic oxidation sites excluding steroid dienone is 10. The number of hydrogen-bond acceptors (Lipinski definition) is 7. The molecule has 0 aliphatic heterocycles. The molecule has 8 heteroatoms. The number of nitrogens with zero attached hydrogens (tertiary/aromatic N) is 1. The first-order valence-corrected chi connectivity index (χ1v) is 23.4. The topological polar surface area (TPSA) is 102 Å². The number of quaternary nitrogens is 1. The minimum Gasteiger partial charge on any atom is -0.544 e. The number of unbranched alkanes of at least 4 members (excludes halogenated alkanes) is 20. The Morgan fingerprint density at radius 2 is 0.983 bits per heavy atom. The molecular weight excluding hydrogens is 727 g/mol. The third-order valence-electron chi connectivity index (χ3n) is 10.2. The number of hydrogen-bond donors (Lipinski definition) is 0. The molecule has 2 unspecified atom stereocenters. The quantitative estimate of drug-likeness (QED) is 0.0199. The lowest BCUT2D eigenvalue weighted by atomic mass is 10.1. The molecule has 0 aromatic heterocycles. The van der Waals surface area contributed by atoms with Crippen molar-refractivity contribution in [2.24, 2.45) is 0 Å². The van der Waals surface area contributed by atoms with Crippen molar-refractivity contribution in [3.05, 3.63) is 60.8 Å². The zero-order valence-corrected chi connectivity index (χ0v) is 37.9. The van der Waals surface area contributed by atoms with Gasteiger partial charge in [0.25, 0.3) is 0 Å². The van der Waals surface area contributed by atoms with Gasteiger partial charge in [-0.05, 0) is 57.8 Å². The van der Waals surface area contributed by atoms with E-state index in [1.165, 1.54) is 103 Å². The summed E-state index contributed by atoms with van der Waals surface area (Å²) in [6.45, 7) is 4.48. The van der Waals surface area contributed by atoms with Crippen molar-refractivity contribution in [2.45, 2.75) is 199 Å². The zero-order valence-electron chi connectivity index (χ0n) is 37.9. The Labute approximate surface area is 356 Å². The summed E-state index contributed by atoms with van der Waals surface area (Å²) in [6, 6.07) is -0.734. The number of carboxylic acids is 1. The fraction of sp³-hybridized carbons (Fsp3) is 0.740. The maximum absolute atomic E-state index is 12.7. The van der Waals surface area contributed by atoms with Gasteiger partial charge in [-0.2, -0.15) is 0 Å². The number of aliphatic carboxylic acids is 1. The number of rotatable bonds is 41. The molecule has 0 heterocycles. The molecule has 0 fully saturated rings. The minimum atomic E-state index is -1.13. The maximum Gasteiger partial charge on any atom is 0.306 e. The first-order chi connectivity index (χ1) is 28.1. The van der Waals surface area contributed by atoms with E-state index >= 15 is 0 Å². The number of esters is 2. The summed E-state index contributed by atoms with van der Waals surface area (Å²) in [5.74, 6) is -1.79. The number of carbonyl (C=O) groups is 3. The van der Waals surface area contributed by atoms with Crippen LogP contribution < -0.4 is 5.11 Å². The molecule has 0 rings (SSSR count). The van der Waals surface area contributed by atoms with Crippen LogP contribution in [0.5, 0.6) is 0 Å². The summed E-state index contributed by atoms with van der Waals surface area (Å²) >= 11 is 0. The van der Waals surface area contributed by atoms with Crippen LogP contribution in [0.2, 0.25) is 0 Å². The van der Waals surface area contributed by atoms with Crippen LogP contribution in [-0.4, -0.2) is 75.5 Å². The Balaban J connectivity index is 4.32. The van der Waals surface area contributed by atoms with Crippen molar-refractivity contribution in [1.29, 1.82) is 0 Å². The van der Waals surface area contributed by atoms with Crippen molar-refractivity contribution in [3.63, 3.8) is 0 Å². The average Bonchev–Trinajstić information content (AvgIpc) is 3.18. The number of carboxylic acid groups (broad SMARTS) is 1. The third kappa shape index (κ3) is 38.5. The average molecular weight is 814 g/mol. The van der Waals surface area contributed by atoms with Gasteiger partial charge < -0.3 is 28.6 Å². The van der Waals surface area contributed by atoms with Crippen LogP contribution in [0.4, 0.5) is 0 Å². The van der Waals surface area contributed by atoms with Gasteiger partial charge in [0.05, 0.1) is 40.3 Å². The first-order valence-electron chi connectivity index (χ1n) is 23.4. The molecule has 334 valence electrons. The molecule has 2 atom stereocenters. The summed E-state index contributed by atoms with van der Waals surface area (Å²) in [5, 5.41) is 11.6. The van der Waals surface area contributed by atoms with Gasteiger partial charge in [0.15, 0.2) is 6.10 Å². The van der Waals surface area contributed by atoms with Gasteiger partial charge in [-0.25, -0.2) is 0 Å². The van der Waals surface area contributed by atoms with E-state index in [2.05, 4.69) is 38.2 Å². The standard InChI is InChI=1S/C50H87NO7/c1-6-8-10-12-14-16-18-20-21-22-23-24-25-26-27-29-31-33-35-37-39-41-49(53)58-46(44-56-43-42-47(50(54)55)51(3,4)5)45-57-48(52)40-38-36-34-32-30-28-19-17-15-13-11-9-7-2/h9,11,13,15,17,19,24-25,28,30,46-47H,6-8,10,12,14,16,18,20-23,26-27,29,31-45H2,1-5H3/b11-9+,15-13+,19-17+,25-24+,30-28+. The summed E-state index contributed by atoms with van der Waals surface area (Å²) in [6.07, 6.45) is 49.7. The van der Waals surface area contributed by atoms with Crippen molar-refractivity contribution in [1.82, 2.24) is 0 Å². The Morgan fingerprint density at radius 1 is 0.534 bits per heavy atom. The molecule has 0 saturated carbocycles. The fourth-order valence-corrected chi connectivity index (χ4v) is 6.61. The molecule has 0 bridgehead atoms. The predicted octanol–water partition coefficient (Wildman–Crippen LogP) is 11.6. The van der Waals surface area contributed by atoms with Crippen molar-refractivity contribution < 1.29 is 38.2 Å². The van der Waals surface area contributed by atoms with Crippen molar-refractivity contribution >= 4 is 17.9 Å². The van der Waals surface area contributed by atoms with Crippen LogP contribution in [0.15, 0.2) is 60.8 Å². The molecule has 0 aliphatic carbocycles. The largest absolute Gasteiger partial charge is 0.544 e. The van der Waals surface area contributed by atoms with E-state index in [-0.39, 0.29) is 42.7 Å². The normalized spacial score (nSPS) is 13.5. The Bertz CT molecular complexity index is 1130. The highest BCUT2D eigenvalue weighted by Crippen LogP contribution is 2.14. The number of carbonyl (C=O) groups excluding carboxylic acids is 3. The van der Waals surface area contributed by atoms with E-state index < -0.39 is 18.1 Å². The molecule has 0 aromatic carbocycles. The van der Waals surface area contributed by atoms with E-state index in [1.807, 2.05) is 36.5 Å². The highest BCUT2D eigenvalue weighted by molar-refractivity contribution is 5.70. The maximum atomic E-state index is 12.7. The van der Waals surface area contributed by atoms with E-state index in [0.717, 1.165) is 51.4 Å². The molecular formula is C50H87NO7. The first kappa shape index (κ1) is 55.0. The van der Waals surface area contributed by atoms with Crippen LogP contribution in [0.1, 0.15) is 187 Å². The second kappa shape index (κ2) is 40.8. The molecule has 0 saturated heterocycles. The highest BCUT2D eigenvalue weighted by Gasteiger charge is 2.25. The second-order valence-corrected chi connectivity index (χ2v) is 16.7. The predicted molar refractivity (Wildman–Crippen MR) is 240 cm³/mol. The van der Waals surface area contributed by atoms with Crippen LogP contribution >= 0.6 is 0 Å². The SMILES string of the molecule is CC/C=C/C=C/C=C/C=C/CCCCCC(=O)OCC(COCCC(C(=O)[O-])[N+](C)(C)C)OC(=O)CCCCCCCCC/C=C/CCCCCCCCCCCC. The van der Waals surface area contributed by atoms with Gasteiger partial charge in [0.2, 0.25) is 0 Å². The number of ether oxygens (including phenoxy) is 3. The van der Waals surface area contributed by atoms with Crippen LogP contribution in [0.3, 0.4) is 0 Å². The summed E-state index contributed by atoms with van der Waals surface area (Å²) < 4.78 is 17.1. The summed E-state index contributed by atoms with van der Waals surface area (Å²) in [5.41, 5.74) is 0. The lowest BCUT2D eigenvalue weighted by Crippen LogP contribution is -2.55. The van der Waals surface area contributed by atoms with E-state index in [0.29, 0.717) is 12.8 Å². The smallest absolute Gasteiger partial charge is 0.306 e. The number of likely N-dealkylation sites (N-methyl/N-ethyl adjacent to an activating group) is 1. The molecule has 0 N–H and O–H groups in total. The highest BCUT2D eigenvalue weighted by atomic mass is 16.6. The molecule has 0 radical (unpaired) electrons. The van der Waals surface area contributed by atoms with Gasteiger partial charge in [0.1, 0.15) is 12.6 Å². The fourth-order valence-electron chi connectivity index (χ4n) is 6.61. The molecule has 0 spiro atoms. The lowest BCUT2D eigenvalue weighted by molar-refractivity contribution is -0.889. The van der Waals surface area contributed by atoms with Crippen LogP contribution in [0, 0.1) is 0 Å². The van der Waals surface area contributed by atoms with Crippen LogP contribution in [-0.2, 0) is 28.6 Å². The Kier molecular flexibility index (Phi) is 38.7. The van der Waals surface area contributed by atoms with Gasteiger partial charge in [-0.15, -0.1) is 0 Å². The summed E-state index contributed by atoms with van der Waals surface area (Å²) in [7, 11) is 5.39. The third-order valence-corrected chi connectivity index (χ3v) is 10.2. The molecule has 0 aliphatic rings. The molecule has 0 aromatic rings. The Morgan fingerprint density at radius 3 is 1.50 bits per heavy atom. The van der Waals surface area contributed by atoms with E-state index in [4.69, 9.17) is 14.2 Å². The Hall–Kier alpha value is -2.97. The minimum absolute atomic E-state index is 0.0242. The molecule has 58 heavy (non-hydrogen) atoms. The van der Waals surface area contributed by atoms with Gasteiger partial charge in [-0.3, -0.25) is 9.59 Å². The lowest BCUT2D eigenvalue weighted by Gasteiger charge is -2.34. The van der Waals surface area contributed by atoms with Crippen molar-refractivity contribution in [2.75, 3.05) is 41.0 Å². The zero-order chi connectivity index (χ0) is 42.8. The van der Waals surface area contributed by atoms with Gasteiger partial charge in [-0.1, -0.05) is 171 Å². The monoisotopic (exact) mass is 814 g/mol. The summed E-state index contributed by atoms with van der Waals surface area (Å²) in [4.78, 5) is 36.9. The van der Waals surface area contributed by atoms with E-state index in [1.54, 1.807) is 21.1 Å². The second-order valence-electron chi connectivity index (χ2n) is 16.7. The molecule has 0 amide bonds. The molecule has 8 nitrogen and oxygen atoms in total. The van der Waals surface area contributed by atoms with E-state index in [9.17, 15) is 19.5 Å².